The third-order valence-electron chi connectivity index (χ3n) is 27.5. The molecule has 3 aromatic carbocycles. The van der Waals surface area contributed by atoms with Crippen LogP contribution in [0.1, 0.15) is 219 Å². The van der Waals surface area contributed by atoms with Crippen molar-refractivity contribution < 1.29 is 78.4 Å². The normalized spacial score (nSPS) is 23.7. The number of ether oxygens (including phenoxy) is 8. The first-order valence-corrected chi connectivity index (χ1v) is 55.0. The highest BCUT2D eigenvalue weighted by Gasteiger charge is 2.59. The zero-order valence-corrected chi connectivity index (χ0v) is 86.0. The molecule has 0 unspecified atom stereocenters. The Balaban J connectivity index is 0.821. The molecule has 744 valence electrons. The third kappa shape index (κ3) is 21.5. The van der Waals surface area contributed by atoms with Crippen LogP contribution in [0.5, 0.6) is 11.5 Å². The summed E-state index contributed by atoms with van der Waals surface area (Å²) in [7, 11) is -11.7. The standard InChI is InChI=1S/C95H136N10O27Si4/c1-52(2)133(53(3)4,120-48-75-70(106)37-80(124-75)101-42-60(17)85(107)96-90(101)112)130-72-39-82(103-44-62(19)87(109)98-92(103)114)126-77(72)50-122-135(56(9)10,57(11)12)132-74-41-84(105-46-64(21)89(111)100-94(105)116)128-79(74)51-123-136(58(13)14,59(15)16)131-73-40-83(104-45-63(20)88(110)99-93(104)115)127-78(73)49-121-134(54(5)6,55(7)8)129-71-38-81(102-43-61(18)86(108)97-91(102)113)125-76(71)47-119-95(65-27-25-24-26-28-65,66-29-33-68(117-22)34-30-66)67-31-35-69(118-23)36-32-67/h24-36,42-46,52-59,70-84,106H,37-41,47-51H2,1-23H3,(H,96,107,112)(H,97,108,113)(H,98,109,114)(H,99,110,115)(H,100,111,116)/t70-,71-,72-,73-,74-,75+,76+,77+,78+,79+,80+,81+,82+,83+,84+/m0/s1. The number of aromatic amines is 5. The fourth-order valence-corrected chi connectivity index (χ4v) is 35.0. The van der Waals surface area contributed by atoms with Crippen molar-refractivity contribution in [2.45, 2.75) is 320 Å². The van der Waals surface area contributed by atoms with Gasteiger partial charge in [0.15, 0.2) is 0 Å². The lowest BCUT2D eigenvalue weighted by molar-refractivity contribution is -0.0972. The fraction of sp³-hybridized carbons (Fsp3) is 0.600. The Morgan fingerprint density at radius 3 is 0.787 bits per heavy atom. The molecule has 136 heavy (non-hydrogen) atoms. The van der Waals surface area contributed by atoms with Crippen molar-refractivity contribution in [2.24, 2.45) is 0 Å². The minimum absolute atomic E-state index is 0.0241. The SMILES string of the molecule is COc1ccc(C(OC[C@H]2O[C@@H](n3cc(C)c(=O)[nH]c3=O)C[C@@H]2O[Si](OC[C@H]2O[C@@H](n3cc(C)c(=O)[nH]c3=O)C[C@@H]2O[Si](OC[C@H]2O[C@@H](n3cc(C)c(=O)[nH]c3=O)C[C@@H]2O[Si](OC[C@H]2O[C@@H](n3cc(C)c(=O)[nH]c3=O)C[C@@H]2O[Si](OC[C@H]2O[C@@H](n3cc(C)c(=O)[nH]c3=O)C[C@@H]2O)(C(C)C)C(C)C)(C(C)C)C(C)C)(C(C)C)C(C)C)(C(C)C)C(C)C)(c2ccccc2)c2ccc(OC)cc2)cc1. The number of nitrogens with one attached hydrogen (secondary N) is 5. The molecule has 5 aliphatic rings. The molecule has 6 N–H and O–H groups in total. The smallest absolute Gasteiger partial charge is 0.343 e. The lowest BCUT2D eigenvalue weighted by Gasteiger charge is -2.44. The Hall–Kier alpha value is -9.07. The Bertz CT molecular complexity index is 6030. The van der Waals surface area contributed by atoms with Gasteiger partial charge in [-0.05, 0) is 120 Å². The second kappa shape index (κ2) is 42.9. The van der Waals surface area contributed by atoms with E-state index in [1.165, 1.54) is 53.8 Å². The molecule has 10 heterocycles. The highest BCUT2D eigenvalue weighted by Crippen LogP contribution is 2.50. The molecule has 0 amide bonds. The molecule has 41 heteroatoms. The van der Waals surface area contributed by atoms with E-state index in [1.54, 1.807) is 48.8 Å². The molecule has 0 radical (unpaired) electrons. The summed E-state index contributed by atoms with van der Waals surface area (Å²) in [5.41, 5.74) is -6.57. The lowest BCUT2D eigenvalue weighted by Crippen LogP contribution is -2.57. The number of H-pyrrole nitrogens is 5. The molecule has 5 saturated heterocycles. The predicted octanol–water partition coefficient (Wildman–Crippen LogP) is 10.8. The van der Waals surface area contributed by atoms with Crippen LogP contribution in [0.15, 0.2) is 158 Å². The quantitative estimate of drug-likeness (QED) is 0.0153. The Morgan fingerprint density at radius 1 is 0.324 bits per heavy atom. The van der Waals surface area contributed by atoms with E-state index in [-0.39, 0.29) is 137 Å². The summed E-state index contributed by atoms with van der Waals surface area (Å²) in [6.07, 6.45) is -6.81. The van der Waals surface area contributed by atoms with Crippen LogP contribution in [0, 0.1) is 34.6 Å². The Morgan fingerprint density at radius 2 is 0.544 bits per heavy atom. The number of methoxy groups -OCH3 is 2. The first-order valence-electron chi connectivity index (χ1n) is 47.1. The van der Waals surface area contributed by atoms with Crippen molar-refractivity contribution in [3.8, 4) is 11.5 Å². The van der Waals surface area contributed by atoms with E-state index in [1.807, 2.05) is 190 Å². The van der Waals surface area contributed by atoms with Gasteiger partial charge in [-0.1, -0.05) is 165 Å². The molecule has 37 nitrogen and oxygen atoms in total. The summed E-state index contributed by atoms with van der Waals surface area (Å²) in [4.78, 5) is 146. The maximum Gasteiger partial charge on any atom is 0.343 e. The zero-order valence-electron chi connectivity index (χ0n) is 82.0. The van der Waals surface area contributed by atoms with Crippen molar-refractivity contribution in [3.63, 3.8) is 0 Å². The van der Waals surface area contributed by atoms with Crippen LogP contribution in [0.3, 0.4) is 0 Å². The summed E-state index contributed by atoms with van der Waals surface area (Å²) in [5, 5.41) is 11.6. The minimum atomic E-state index is -3.82. The van der Waals surface area contributed by atoms with Crippen molar-refractivity contribution in [3.05, 3.63) is 259 Å². The summed E-state index contributed by atoms with van der Waals surface area (Å²) in [5.74, 6) is 1.25. The molecule has 5 aromatic heterocycles. The average molecular weight is 1960 g/mol. The van der Waals surface area contributed by atoms with Gasteiger partial charge in [-0.2, -0.15) is 0 Å². The van der Waals surface area contributed by atoms with Gasteiger partial charge in [0.05, 0.1) is 77.8 Å². The Labute approximate surface area is 793 Å². The van der Waals surface area contributed by atoms with Crippen LogP contribution in [0.4, 0.5) is 0 Å². The maximum atomic E-state index is 14.2. The molecule has 13 rings (SSSR count). The summed E-state index contributed by atoms with van der Waals surface area (Å²) in [6, 6.07) is 25.1. The highest BCUT2D eigenvalue weighted by molar-refractivity contribution is 6.71. The van der Waals surface area contributed by atoms with Crippen molar-refractivity contribution >= 4 is 34.2 Å². The number of aromatic nitrogens is 10. The highest BCUT2D eigenvalue weighted by atomic mass is 28.4. The third-order valence-corrected chi connectivity index (χ3v) is 45.5. The number of aliphatic hydroxyl groups excluding tert-OH is 1. The summed E-state index contributed by atoms with van der Waals surface area (Å²) in [6.45, 7) is 39.4. The van der Waals surface area contributed by atoms with Crippen molar-refractivity contribution in [2.75, 3.05) is 47.3 Å². The minimum Gasteiger partial charge on any atom is -0.497 e. The number of aliphatic hydroxyl groups is 1. The first kappa shape index (κ1) is 104. The van der Waals surface area contributed by atoms with Crippen LogP contribution in [0.25, 0.3) is 0 Å². The van der Waals surface area contributed by atoms with Gasteiger partial charge >= 0.3 is 62.7 Å². The molecule has 8 aromatic rings. The van der Waals surface area contributed by atoms with Crippen LogP contribution < -0.4 is 65.7 Å². The number of rotatable bonds is 41. The second-order valence-electron chi connectivity index (χ2n) is 39.1. The number of hydrogen-bond donors (Lipinski definition) is 6. The second-order valence-corrected chi connectivity index (χ2v) is 56.2. The number of aryl methyl sites for hydroxylation is 5. The van der Waals surface area contributed by atoms with Gasteiger partial charge < -0.3 is 78.4 Å². The van der Waals surface area contributed by atoms with Crippen molar-refractivity contribution in [1.82, 2.24) is 47.8 Å². The van der Waals surface area contributed by atoms with Gasteiger partial charge in [-0.15, -0.1) is 0 Å². The molecule has 15 atom stereocenters. The van der Waals surface area contributed by atoms with Crippen LogP contribution >= 0.6 is 0 Å². The van der Waals surface area contributed by atoms with E-state index in [9.17, 15) is 53.1 Å². The molecular weight excluding hydrogens is 1830 g/mol. The van der Waals surface area contributed by atoms with Gasteiger partial charge in [0.2, 0.25) is 0 Å². The van der Waals surface area contributed by atoms with Crippen molar-refractivity contribution in [1.29, 1.82) is 0 Å². The summed E-state index contributed by atoms with van der Waals surface area (Å²) < 4.78 is 121. The fourth-order valence-electron chi connectivity index (χ4n) is 19.9. The first-order chi connectivity index (χ1) is 64.3. The van der Waals surface area contributed by atoms with Gasteiger partial charge in [-0.3, -0.25) is 71.7 Å². The van der Waals surface area contributed by atoms with Crippen LogP contribution in [-0.4, -0.2) is 195 Å². The van der Waals surface area contributed by atoms with E-state index in [0.717, 1.165) is 16.7 Å². The number of benzene rings is 3. The van der Waals surface area contributed by atoms with E-state index in [4.69, 9.17) is 73.3 Å². The van der Waals surface area contributed by atoms with Gasteiger partial charge in [0, 0.05) is 90.9 Å². The topological polar surface area (TPSA) is 442 Å². The summed E-state index contributed by atoms with van der Waals surface area (Å²) >= 11 is 0. The number of nitrogens with zero attached hydrogens (tertiary/aromatic N) is 5. The molecule has 0 saturated carbocycles. The molecule has 0 spiro atoms. The molecule has 0 aliphatic carbocycles. The molecule has 5 fully saturated rings. The molecule has 5 aliphatic heterocycles. The molecular formula is C95H136N10O27Si4. The van der Waals surface area contributed by atoms with E-state index < -0.39 is 188 Å². The van der Waals surface area contributed by atoms with Crippen LogP contribution in [-0.2, 0) is 69.4 Å². The predicted molar refractivity (Wildman–Crippen MR) is 514 cm³/mol. The maximum absolute atomic E-state index is 14.2. The Kier molecular flexibility index (Phi) is 32.9. The average Bonchev–Trinajstić information content (AvgIpc) is 1.02. The molecule has 0 bridgehead atoms. The largest absolute Gasteiger partial charge is 0.497 e. The van der Waals surface area contributed by atoms with Gasteiger partial charge in [0.1, 0.15) is 78.8 Å². The van der Waals surface area contributed by atoms with Gasteiger partial charge in [0.25, 0.3) is 27.8 Å². The van der Waals surface area contributed by atoms with E-state index in [2.05, 4.69) is 24.9 Å². The lowest BCUT2D eigenvalue weighted by atomic mass is 9.80. The monoisotopic (exact) mass is 1960 g/mol. The van der Waals surface area contributed by atoms with E-state index in [0.29, 0.717) is 11.5 Å². The van der Waals surface area contributed by atoms with E-state index >= 15 is 0 Å². The number of hydrogen-bond acceptors (Lipinski definition) is 27. The van der Waals surface area contributed by atoms with Gasteiger partial charge in [-0.25, -0.2) is 24.0 Å². The zero-order chi connectivity index (χ0) is 98.9. The van der Waals surface area contributed by atoms with Crippen LogP contribution in [0.2, 0.25) is 44.3 Å².